The van der Waals surface area contributed by atoms with Crippen LogP contribution in [0.2, 0.25) is 0 Å². The van der Waals surface area contributed by atoms with Crippen molar-refractivity contribution in [2.75, 3.05) is 37.6 Å². The van der Waals surface area contributed by atoms with Gasteiger partial charge in [0.05, 0.1) is 19.4 Å². The zero-order chi connectivity index (χ0) is 18.4. The van der Waals surface area contributed by atoms with Gasteiger partial charge in [0.1, 0.15) is 5.76 Å². The molecular formula is C19H24N4O3. The van der Waals surface area contributed by atoms with Crippen LogP contribution >= 0.6 is 0 Å². The van der Waals surface area contributed by atoms with Crippen LogP contribution in [0.25, 0.3) is 0 Å². The number of carbonyl (C=O) groups is 2. The van der Waals surface area contributed by atoms with Crippen molar-refractivity contribution in [1.82, 2.24) is 15.5 Å². The molecule has 1 aromatic carbocycles. The van der Waals surface area contributed by atoms with E-state index in [2.05, 4.69) is 51.6 Å². The normalized spacial score (nSPS) is 14.9. The fourth-order valence-electron chi connectivity index (χ4n) is 2.98. The molecule has 1 fully saturated rings. The number of hydrogen-bond donors (Lipinski definition) is 2. The van der Waals surface area contributed by atoms with E-state index in [0.717, 1.165) is 26.2 Å². The fourth-order valence-corrected chi connectivity index (χ4v) is 2.98. The van der Waals surface area contributed by atoms with Crippen LogP contribution < -0.4 is 15.5 Å². The molecule has 7 nitrogen and oxygen atoms in total. The number of nitrogens with one attached hydrogen (secondary N) is 2. The number of benzene rings is 1. The lowest BCUT2D eigenvalue weighted by molar-refractivity contribution is -0.121. The largest absolute Gasteiger partial charge is 0.467 e. The molecule has 0 unspecified atom stereocenters. The third-order valence-corrected chi connectivity index (χ3v) is 4.36. The van der Waals surface area contributed by atoms with Gasteiger partial charge in [-0.1, -0.05) is 12.1 Å². The average molecular weight is 356 g/mol. The molecule has 0 saturated carbocycles. The van der Waals surface area contributed by atoms with Gasteiger partial charge in [0, 0.05) is 31.9 Å². The van der Waals surface area contributed by atoms with Crippen molar-refractivity contribution in [3.8, 4) is 0 Å². The second kappa shape index (κ2) is 8.53. The van der Waals surface area contributed by atoms with E-state index in [1.807, 2.05) is 0 Å². The Morgan fingerprint density at radius 3 is 2.62 bits per heavy atom. The number of nitrogens with zero attached hydrogens (tertiary/aromatic N) is 2. The molecule has 1 aliphatic rings. The lowest BCUT2D eigenvalue weighted by Crippen LogP contribution is -2.51. The topological polar surface area (TPSA) is 77.8 Å². The zero-order valence-electron chi connectivity index (χ0n) is 14.9. The molecule has 138 valence electrons. The number of aryl methyl sites for hydroxylation is 1. The van der Waals surface area contributed by atoms with Gasteiger partial charge in [-0.3, -0.25) is 15.0 Å². The van der Waals surface area contributed by atoms with Crippen LogP contribution in [0.1, 0.15) is 11.3 Å². The molecule has 1 aliphatic heterocycles. The van der Waals surface area contributed by atoms with Crippen LogP contribution in [-0.2, 0) is 11.3 Å². The van der Waals surface area contributed by atoms with Crippen molar-refractivity contribution in [2.45, 2.75) is 13.5 Å². The molecule has 0 radical (unpaired) electrons. The number of anilines is 1. The van der Waals surface area contributed by atoms with Crippen molar-refractivity contribution in [2.24, 2.45) is 0 Å². The molecule has 1 aromatic heterocycles. The first-order chi connectivity index (χ1) is 12.6. The van der Waals surface area contributed by atoms with Crippen molar-refractivity contribution in [3.05, 3.63) is 54.0 Å². The molecule has 2 N–H and O–H groups in total. The lowest BCUT2D eigenvalue weighted by atomic mass is 10.2. The summed E-state index contributed by atoms with van der Waals surface area (Å²) in [6.07, 6.45) is 1.54. The first-order valence-electron chi connectivity index (χ1n) is 8.74. The minimum absolute atomic E-state index is 0.218. The summed E-state index contributed by atoms with van der Waals surface area (Å²) in [5, 5.41) is 4.95. The third-order valence-electron chi connectivity index (χ3n) is 4.36. The monoisotopic (exact) mass is 356 g/mol. The van der Waals surface area contributed by atoms with Crippen LogP contribution in [-0.4, -0.2) is 49.6 Å². The van der Waals surface area contributed by atoms with Crippen LogP contribution in [0, 0.1) is 6.92 Å². The van der Waals surface area contributed by atoms with Gasteiger partial charge in [-0.2, -0.15) is 0 Å². The summed E-state index contributed by atoms with van der Waals surface area (Å²) in [7, 11) is 0. The average Bonchev–Trinajstić information content (AvgIpc) is 3.14. The molecule has 3 rings (SSSR count). The van der Waals surface area contributed by atoms with E-state index in [4.69, 9.17) is 4.42 Å². The Labute approximate surface area is 153 Å². The summed E-state index contributed by atoms with van der Waals surface area (Å²) in [6.45, 7) is 5.85. The lowest BCUT2D eigenvalue weighted by Gasteiger charge is -2.35. The predicted molar refractivity (Wildman–Crippen MR) is 98.9 cm³/mol. The summed E-state index contributed by atoms with van der Waals surface area (Å²) in [5.74, 6) is 0.339. The second-order valence-corrected chi connectivity index (χ2v) is 6.41. The minimum atomic E-state index is -0.509. The Morgan fingerprint density at radius 2 is 1.92 bits per heavy atom. The summed E-state index contributed by atoms with van der Waals surface area (Å²) < 4.78 is 5.12. The van der Waals surface area contributed by atoms with E-state index < -0.39 is 6.03 Å². The Hall–Kier alpha value is -2.80. The minimum Gasteiger partial charge on any atom is -0.467 e. The number of furan rings is 1. The van der Waals surface area contributed by atoms with E-state index in [-0.39, 0.29) is 19.0 Å². The van der Waals surface area contributed by atoms with Gasteiger partial charge in [0.15, 0.2) is 0 Å². The van der Waals surface area contributed by atoms with E-state index in [0.29, 0.717) is 5.76 Å². The maximum absolute atomic E-state index is 12.0. The number of piperazine rings is 1. The SMILES string of the molecule is Cc1cccc(N2CCN(CC(=O)NC(=O)NCc3ccco3)CC2)c1. The quantitative estimate of drug-likeness (QED) is 0.853. The van der Waals surface area contributed by atoms with Crippen LogP contribution in [0.15, 0.2) is 47.1 Å². The van der Waals surface area contributed by atoms with Gasteiger partial charge in [-0.25, -0.2) is 4.79 Å². The first-order valence-corrected chi connectivity index (χ1v) is 8.74. The highest BCUT2D eigenvalue weighted by Gasteiger charge is 2.20. The van der Waals surface area contributed by atoms with Gasteiger partial charge in [0.25, 0.3) is 0 Å². The smallest absolute Gasteiger partial charge is 0.321 e. The number of hydrogen-bond acceptors (Lipinski definition) is 5. The number of imide groups is 1. The Kier molecular flexibility index (Phi) is 5.91. The molecule has 2 heterocycles. The van der Waals surface area contributed by atoms with Crippen LogP contribution in [0.4, 0.5) is 10.5 Å². The van der Waals surface area contributed by atoms with Crippen LogP contribution in [0.5, 0.6) is 0 Å². The second-order valence-electron chi connectivity index (χ2n) is 6.41. The summed E-state index contributed by atoms with van der Waals surface area (Å²) in [5.41, 5.74) is 2.45. The third kappa shape index (κ3) is 5.10. The highest BCUT2D eigenvalue weighted by Crippen LogP contribution is 2.17. The number of urea groups is 1. The van der Waals surface area contributed by atoms with Crippen molar-refractivity contribution in [3.63, 3.8) is 0 Å². The number of amides is 3. The van der Waals surface area contributed by atoms with E-state index >= 15 is 0 Å². The van der Waals surface area contributed by atoms with Gasteiger partial charge < -0.3 is 14.6 Å². The van der Waals surface area contributed by atoms with Gasteiger partial charge in [-0.05, 0) is 36.8 Å². The zero-order valence-corrected chi connectivity index (χ0v) is 14.9. The van der Waals surface area contributed by atoms with Crippen molar-refractivity contribution >= 4 is 17.6 Å². The molecule has 0 aliphatic carbocycles. The highest BCUT2D eigenvalue weighted by molar-refractivity contribution is 5.95. The molecule has 0 spiro atoms. The van der Waals surface area contributed by atoms with Gasteiger partial charge >= 0.3 is 6.03 Å². The molecule has 0 atom stereocenters. The maximum atomic E-state index is 12.0. The molecule has 1 saturated heterocycles. The Bertz CT molecular complexity index is 737. The number of rotatable bonds is 5. The number of carbonyl (C=O) groups excluding carboxylic acids is 2. The summed E-state index contributed by atoms with van der Waals surface area (Å²) >= 11 is 0. The van der Waals surface area contributed by atoms with Crippen molar-refractivity contribution < 1.29 is 14.0 Å². The Morgan fingerprint density at radius 1 is 1.12 bits per heavy atom. The molecule has 7 heteroatoms. The predicted octanol–water partition coefficient (Wildman–Crippen LogP) is 1.74. The van der Waals surface area contributed by atoms with E-state index in [1.54, 1.807) is 12.1 Å². The summed E-state index contributed by atoms with van der Waals surface area (Å²) in [4.78, 5) is 28.2. The van der Waals surface area contributed by atoms with Gasteiger partial charge in [0.2, 0.25) is 5.91 Å². The molecule has 26 heavy (non-hydrogen) atoms. The fraction of sp³-hybridized carbons (Fsp3) is 0.368. The molecule has 3 amide bonds. The molecule has 2 aromatic rings. The summed E-state index contributed by atoms with van der Waals surface area (Å²) in [6, 6.07) is 11.4. The standard InChI is InChI=1S/C19H24N4O3/c1-15-4-2-5-16(12-15)23-9-7-22(8-10-23)14-18(24)21-19(25)20-13-17-6-3-11-26-17/h2-6,11-12H,7-10,13-14H2,1H3,(H2,20,21,24,25). The van der Waals surface area contributed by atoms with Crippen LogP contribution in [0.3, 0.4) is 0 Å². The Balaban J connectivity index is 1.38. The first kappa shape index (κ1) is 18.0. The van der Waals surface area contributed by atoms with E-state index in [1.165, 1.54) is 17.5 Å². The molecular weight excluding hydrogens is 332 g/mol. The maximum Gasteiger partial charge on any atom is 0.321 e. The van der Waals surface area contributed by atoms with Crippen molar-refractivity contribution in [1.29, 1.82) is 0 Å². The highest BCUT2D eigenvalue weighted by atomic mass is 16.3. The van der Waals surface area contributed by atoms with Gasteiger partial charge in [-0.15, -0.1) is 0 Å². The molecule has 0 bridgehead atoms. The van der Waals surface area contributed by atoms with E-state index in [9.17, 15) is 9.59 Å².